The predicted octanol–water partition coefficient (Wildman–Crippen LogP) is 3.77. The van der Waals surface area contributed by atoms with Gasteiger partial charge in [0.15, 0.2) is 0 Å². The lowest BCUT2D eigenvalue weighted by Gasteiger charge is -2.38. The van der Waals surface area contributed by atoms with Gasteiger partial charge in [-0.05, 0) is 36.8 Å². The zero-order valence-electron chi connectivity index (χ0n) is 16.1. The average Bonchev–Trinajstić information content (AvgIpc) is 3.20. The summed E-state index contributed by atoms with van der Waals surface area (Å²) in [5.41, 5.74) is 1.85. The smallest absolute Gasteiger partial charge is 0.347 e. The molecule has 0 aliphatic carbocycles. The van der Waals surface area contributed by atoms with Crippen molar-refractivity contribution in [1.82, 2.24) is 0 Å². The molecule has 0 saturated heterocycles. The van der Waals surface area contributed by atoms with Crippen LogP contribution in [0.1, 0.15) is 65.0 Å². The fraction of sp³-hybridized carbons (Fsp3) is 0.0833. The Hall–Kier alpha value is -4.26. The molecule has 0 bridgehead atoms. The van der Waals surface area contributed by atoms with Gasteiger partial charge in [-0.2, -0.15) is 0 Å². The zero-order valence-corrected chi connectivity index (χ0v) is 16.1. The van der Waals surface area contributed by atoms with Crippen LogP contribution in [-0.2, 0) is 14.9 Å². The molecule has 0 unspecified atom stereocenters. The van der Waals surface area contributed by atoms with Crippen LogP contribution in [0.15, 0.2) is 54.6 Å². The van der Waals surface area contributed by atoms with Crippen LogP contribution in [0.3, 0.4) is 0 Å². The number of cyclic esters (lactones) is 4. The summed E-state index contributed by atoms with van der Waals surface area (Å²) in [4.78, 5) is 48.6. The Balaban J connectivity index is 1.69. The second-order valence-electron chi connectivity index (χ2n) is 7.73. The van der Waals surface area contributed by atoms with Crippen molar-refractivity contribution in [2.45, 2.75) is 12.3 Å². The first-order valence-electron chi connectivity index (χ1n) is 9.51. The highest BCUT2D eigenvalue weighted by Gasteiger charge is 2.45. The number of hydrogen-bond acceptors (Lipinski definition) is 7. The normalized spacial score (nSPS) is 17.2. The van der Waals surface area contributed by atoms with E-state index in [4.69, 9.17) is 14.2 Å². The summed E-state index contributed by atoms with van der Waals surface area (Å²) >= 11 is 0. The van der Waals surface area contributed by atoms with E-state index in [0.29, 0.717) is 22.6 Å². The number of fused-ring (bicyclic) bond motifs is 4. The summed E-state index contributed by atoms with van der Waals surface area (Å²) < 4.78 is 15.6. The van der Waals surface area contributed by atoms with Crippen molar-refractivity contribution < 1.29 is 33.4 Å². The summed E-state index contributed by atoms with van der Waals surface area (Å²) in [7, 11) is 0. The summed E-state index contributed by atoms with van der Waals surface area (Å²) in [5, 5.41) is 0. The van der Waals surface area contributed by atoms with Crippen LogP contribution in [0, 0.1) is 0 Å². The Kier molecular flexibility index (Phi) is 3.21. The van der Waals surface area contributed by atoms with E-state index in [9.17, 15) is 19.2 Å². The van der Waals surface area contributed by atoms with Gasteiger partial charge < -0.3 is 14.2 Å². The van der Waals surface area contributed by atoms with Crippen molar-refractivity contribution in [2.24, 2.45) is 0 Å². The van der Waals surface area contributed by atoms with Gasteiger partial charge in [0.05, 0.1) is 22.3 Å². The average molecular weight is 412 g/mol. The molecule has 150 valence electrons. The van der Waals surface area contributed by atoms with E-state index < -0.39 is 29.3 Å². The van der Waals surface area contributed by atoms with Gasteiger partial charge in [-0.3, -0.25) is 0 Å². The SMILES string of the molecule is CC1(c2ccccc2)c2cc3c(cc2Oc2cc4c(cc21)C(=O)OC4=O)C(=O)OC3=O. The lowest BCUT2D eigenvalue weighted by Crippen LogP contribution is -2.30. The molecule has 0 radical (unpaired) electrons. The number of carbonyl (C=O) groups excluding carboxylic acids is 4. The minimum Gasteiger partial charge on any atom is -0.457 e. The minimum atomic E-state index is -0.855. The number of rotatable bonds is 1. The van der Waals surface area contributed by atoms with Gasteiger partial charge in [0.2, 0.25) is 0 Å². The van der Waals surface area contributed by atoms with Crippen molar-refractivity contribution in [1.29, 1.82) is 0 Å². The molecule has 0 saturated carbocycles. The van der Waals surface area contributed by atoms with Crippen LogP contribution < -0.4 is 4.74 Å². The molecule has 0 atom stereocenters. The molecule has 31 heavy (non-hydrogen) atoms. The molecular weight excluding hydrogens is 400 g/mol. The van der Waals surface area contributed by atoms with Crippen LogP contribution in [0.4, 0.5) is 0 Å². The monoisotopic (exact) mass is 412 g/mol. The zero-order chi connectivity index (χ0) is 21.5. The molecule has 3 heterocycles. The predicted molar refractivity (Wildman–Crippen MR) is 104 cm³/mol. The van der Waals surface area contributed by atoms with Crippen molar-refractivity contribution >= 4 is 23.9 Å². The molecule has 0 amide bonds. The molecule has 0 N–H and O–H groups in total. The number of esters is 4. The molecule has 6 rings (SSSR count). The summed E-state index contributed by atoms with van der Waals surface area (Å²) in [5.74, 6) is -2.17. The van der Waals surface area contributed by atoms with E-state index in [1.165, 1.54) is 12.1 Å². The van der Waals surface area contributed by atoms with Crippen molar-refractivity contribution in [3.8, 4) is 11.5 Å². The van der Waals surface area contributed by atoms with E-state index in [1.54, 1.807) is 12.1 Å². The third kappa shape index (κ3) is 2.17. The maximum atomic E-state index is 12.2. The lowest BCUT2D eigenvalue weighted by molar-refractivity contribution is 0.0425. The number of benzene rings is 3. The Labute approximate surface area is 175 Å². The molecule has 0 spiro atoms. The van der Waals surface area contributed by atoms with Gasteiger partial charge >= 0.3 is 23.9 Å². The summed E-state index contributed by atoms with van der Waals surface area (Å²) in [6.07, 6.45) is 0. The minimum absolute atomic E-state index is 0.123. The van der Waals surface area contributed by atoms with Crippen LogP contribution in [-0.4, -0.2) is 23.9 Å². The molecule has 3 aromatic rings. The van der Waals surface area contributed by atoms with Gasteiger partial charge in [-0.25, -0.2) is 19.2 Å². The molecule has 3 aromatic carbocycles. The second-order valence-corrected chi connectivity index (χ2v) is 7.73. The van der Waals surface area contributed by atoms with E-state index in [-0.39, 0.29) is 22.3 Å². The van der Waals surface area contributed by atoms with Crippen molar-refractivity contribution in [3.05, 3.63) is 93.5 Å². The third-order valence-corrected chi connectivity index (χ3v) is 6.14. The molecule has 7 nitrogen and oxygen atoms in total. The molecule has 0 fully saturated rings. The molecule has 3 aliphatic heterocycles. The van der Waals surface area contributed by atoms with Crippen LogP contribution in [0.2, 0.25) is 0 Å². The quantitative estimate of drug-likeness (QED) is 0.443. The molecule has 0 aromatic heterocycles. The number of hydrogen-bond donors (Lipinski definition) is 0. The van der Waals surface area contributed by atoms with Gasteiger partial charge in [0.1, 0.15) is 11.5 Å². The first kappa shape index (κ1) is 17.6. The van der Waals surface area contributed by atoms with Crippen LogP contribution >= 0.6 is 0 Å². The largest absolute Gasteiger partial charge is 0.457 e. The van der Waals surface area contributed by atoms with Gasteiger partial charge in [-0.1, -0.05) is 30.3 Å². The standard InChI is InChI=1S/C24H12O7/c1-24(11-5-3-2-4-6-11)16-7-12-14(22(27)30-20(12)25)9-18(16)29-19-10-15-13(8-17(19)24)21(26)31-23(15)28/h2-10H,1H3. The number of ether oxygens (including phenoxy) is 3. The second kappa shape index (κ2) is 5.66. The Morgan fingerprint density at radius 3 is 1.45 bits per heavy atom. The maximum Gasteiger partial charge on any atom is 0.347 e. The summed E-state index contributed by atoms with van der Waals surface area (Å²) in [6, 6.07) is 15.7. The lowest BCUT2D eigenvalue weighted by atomic mass is 9.68. The van der Waals surface area contributed by atoms with E-state index in [2.05, 4.69) is 0 Å². The molecular formula is C24H12O7. The van der Waals surface area contributed by atoms with Crippen molar-refractivity contribution in [3.63, 3.8) is 0 Å². The fourth-order valence-corrected chi connectivity index (χ4v) is 4.52. The van der Waals surface area contributed by atoms with E-state index in [0.717, 1.165) is 5.56 Å². The summed E-state index contributed by atoms with van der Waals surface area (Å²) in [6.45, 7) is 1.94. The van der Waals surface area contributed by atoms with E-state index in [1.807, 2.05) is 37.3 Å². The van der Waals surface area contributed by atoms with Crippen LogP contribution in [0.25, 0.3) is 0 Å². The van der Waals surface area contributed by atoms with Crippen molar-refractivity contribution in [2.75, 3.05) is 0 Å². The highest BCUT2D eigenvalue weighted by atomic mass is 16.6. The Morgan fingerprint density at radius 1 is 0.581 bits per heavy atom. The van der Waals surface area contributed by atoms with Crippen LogP contribution in [0.5, 0.6) is 11.5 Å². The highest BCUT2D eigenvalue weighted by molar-refractivity contribution is 6.16. The fourth-order valence-electron chi connectivity index (χ4n) is 4.52. The molecule has 7 heteroatoms. The van der Waals surface area contributed by atoms with Gasteiger partial charge in [0.25, 0.3) is 0 Å². The van der Waals surface area contributed by atoms with Gasteiger partial charge in [-0.15, -0.1) is 0 Å². The third-order valence-electron chi connectivity index (χ3n) is 6.14. The first-order valence-corrected chi connectivity index (χ1v) is 9.51. The van der Waals surface area contributed by atoms with E-state index >= 15 is 0 Å². The first-order chi connectivity index (χ1) is 14.9. The maximum absolute atomic E-state index is 12.2. The van der Waals surface area contributed by atoms with Gasteiger partial charge in [0, 0.05) is 16.5 Å². The Morgan fingerprint density at radius 2 is 1.00 bits per heavy atom. The number of carbonyl (C=O) groups is 4. The molecule has 3 aliphatic rings. The highest BCUT2D eigenvalue weighted by Crippen LogP contribution is 2.53. The topological polar surface area (TPSA) is 96.0 Å². The Bertz CT molecular complexity index is 1300.